The number of hydrogen-bond acceptors (Lipinski definition) is 4. The number of hydrogen-bond donors (Lipinski definition) is 0. The van der Waals surface area contributed by atoms with Gasteiger partial charge in [-0.25, -0.2) is 15.0 Å². The Labute approximate surface area is 377 Å². The first-order valence-electron chi connectivity index (χ1n) is 21.9. The summed E-state index contributed by atoms with van der Waals surface area (Å²) in [6.07, 6.45) is 0. The minimum atomic E-state index is 0.609. The van der Waals surface area contributed by atoms with Crippen LogP contribution in [0.4, 0.5) is 0 Å². The second-order valence-corrected chi connectivity index (χ2v) is 16.3. The largest absolute Gasteiger partial charge is 0.455 e. The lowest BCUT2D eigenvalue weighted by Gasteiger charge is -2.25. The molecule has 0 atom stereocenters. The van der Waals surface area contributed by atoms with Crippen LogP contribution in [0.15, 0.2) is 237 Å². The molecule has 1 aromatic heterocycles. The van der Waals surface area contributed by atoms with Crippen molar-refractivity contribution >= 4 is 10.8 Å². The molecule has 304 valence electrons. The summed E-state index contributed by atoms with van der Waals surface area (Å²) in [5.74, 6) is 3.59. The van der Waals surface area contributed by atoms with E-state index < -0.39 is 0 Å². The first kappa shape index (κ1) is 38.0. The molecule has 2 heterocycles. The van der Waals surface area contributed by atoms with Crippen molar-refractivity contribution in [1.29, 1.82) is 0 Å². The van der Waals surface area contributed by atoms with Crippen LogP contribution < -0.4 is 4.74 Å². The molecule has 0 N–H and O–H groups in total. The zero-order valence-electron chi connectivity index (χ0n) is 35.3. The summed E-state index contributed by atoms with van der Waals surface area (Å²) < 4.78 is 6.97. The van der Waals surface area contributed by atoms with Gasteiger partial charge in [0.2, 0.25) is 0 Å². The molecule has 11 aromatic rings. The first-order chi connectivity index (χ1) is 32.2. The maximum Gasteiger partial charge on any atom is 0.164 e. The summed E-state index contributed by atoms with van der Waals surface area (Å²) in [7, 11) is 0. The lowest BCUT2D eigenvalue weighted by molar-refractivity contribution is 0.489. The maximum absolute atomic E-state index is 6.97. The van der Waals surface area contributed by atoms with Gasteiger partial charge in [-0.05, 0) is 79.2 Å². The fraction of sp³-hybridized carbons (Fsp3) is 0. The summed E-state index contributed by atoms with van der Waals surface area (Å²) >= 11 is 0. The summed E-state index contributed by atoms with van der Waals surface area (Å²) in [6, 6.07) is 83.0. The second-order valence-electron chi connectivity index (χ2n) is 16.3. The van der Waals surface area contributed by atoms with Gasteiger partial charge in [0.05, 0.1) is 0 Å². The number of benzene rings is 10. The standard InChI is InChI=1S/C61H39N3O/c1-5-16-40(17-6-1)42-30-34-47(35-31-42)60-62-59(46-22-11-4-12-23-46)63-61(64-60)48-36-32-43(33-37-48)53-38-49(41-18-7-2-8-19-41)39-54(56(53)44-20-9-3-10-21-44)52-28-15-27-51-50-26-13-24-45-25-14-29-55(57(45)50)65-58(51)52/h1-39H. The second kappa shape index (κ2) is 16.2. The van der Waals surface area contributed by atoms with Gasteiger partial charge in [-0.3, -0.25) is 0 Å². The topological polar surface area (TPSA) is 47.9 Å². The van der Waals surface area contributed by atoms with Gasteiger partial charge in [0.15, 0.2) is 17.5 Å². The summed E-state index contributed by atoms with van der Waals surface area (Å²) in [6.45, 7) is 0. The molecule has 0 radical (unpaired) electrons. The number of rotatable bonds is 8. The van der Waals surface area contributed by atoms with Crippen molar-refractivity contribution < 1.29 is 4.74 Å². The molecule has 0 amide bonds. The van der Waals surface area contributed by atoms with Crippen molar-refractivity contribution in [2.75, 3.05) is 0 Å². The van der Waals surface area contributed by atoms with E-state index in [1.165, 1.54) is 10.9 Å². The average molecular weight is 830 g/mol. The molecule has 0 saturated heterocycles. The predicted molar refractivity (Wildman–Crippen MR) is 266 cm³/mol. The quantitative estimate of drug-likeness (QED) is 0.153. The number of aromatic nitrogens is 3. The van der Waals surface area contributed by atoms with Gasteiger partial charge in [0.1, 0.15) is 11.5 Å². The molecular weight excluding hydrogens is 791 g/mol. The lowest BCUT2D eigenvalue weighted by Crippen LogP contribution is -2.01. The molecule has 1 aliphatic rings. The van der Waals surface area contributed by atoms with Crippen molar-refractivity contribution in [2.24, 2.45) is 0 Å². The van der Waals surface area contributed by atoms with Crippen LogP contribution in [0.2, 0.25) is 0 Å². The van der Waals surface area contributed by atoms with Gasteiger partial charge in [-0.15, -0.1) is 0 Å². The van der Waals surface area contributed by atoms with E-state index in [9.17, 15) is 0 Å². The molecule has 1 aliphatic heterocycles. The molecule has 4 nitrogen and oxygen atoms in total. The van der Waals surface area contributed by atoms with Crippen LogP contribution in [0.3, 0.4) is 0 Å². The Hall–Kier alpha value is -8.73. The van der Waals surface area contributed by atoms with E-state index in [-0.39, 0.29) is 0 Å². The molecule has 0 spiro atoms. The Kier molecular flexibility index (Phi) is 9.46. The predicted octanol–water partition coefficient (Wildman–Crippen LogP) is 16.1. The molecular formula is C61H39N3O. The monoisotopic (exact) mass is 829 g/mol. The summed E-state index contributed by atoms with van der Waals surface area (Å²) in [4.78, 5) is 15.2. The van der Waals surface area contributed by atoms with E-state index in [1.807, 2.05) is 36.4 Å². The minimum Gasteiger partial charge on any atom is -0.455 e. The van der Waals surface area contributed by atoms with Crippen molar-refractivity contribution in [3.63, 3.8) is 0 Å². The molecule has 0 unspecified atom stereocenters. The van der Waals surface area contributed by atoms with E-state index in [2.05, 4.69) is 200 Å². The highest BCUT2D eigenvalue weighted by atomic mass is 16.5. The SMILES string of the molecule is c1ccc(-c2ccc(-c3nc(-c4ccccc4)nc(-c4ccc(-c5cc(-c6ccccc6)cc(-c6cccc7c6Oc6cccc8cccc-7c68)c5-c5ccccc5)cc4)n3)cc2)cc1. The molecule has 12 rings (SSSR count). The van der Waals surface area contributed by atoms with Gasteiger partial charge >= 0.3 is 0 Å². The number of fused-ring (bicyclic) bond motifs is 2. The van der Waals surface area contributed by atoms with Crippen LogP contribution in [0, 0.1) is 0 Å². The highest BCUT2D eigenvalue weighted by Gasteiger charge is 2.26. The zero-order valence-corrected chi connectivity index (χ0v) is 35.3. The van der Waals surface area contributed by atoms with E-state index >= 15 is 0 Å². The molecule has 0 aliphatic carbocycles. The Morgan fingerprint density at radius 1 is 0.262 bits per heavy atom. The third-order valence-corrected chi connectivity index (χ3v) is 12.4. The smallest absolute Gasteiger partial charge is 0.164 e. The van der Waals surface area contributed by atoms with Gasteiger partial charge < -0.3 is 4.74 Å². The Morgan fingerprint density at radius 2 is 0.662 bits per heavy atom. The van der Waals surface area contributed by atoms with Crippen LogP contribution in [0.1, 0.15) is 0 Å². The third kappa shape index (κ3) is 7.04. The van der Waals surface area contributed by atoms with E-state index in [0.717, 1.165) is 94.8 Å². The fourth-order valence-electron chi connectivity index (χ4n) is 9.18. The highest BCUT2D eigenvalue weighted by Crippen LogP contribution is 2.53. The molecule has 65 heavy (non-hydrogen) atoms. The van der Waals surface area contributed by atoms with Gasteiger partial charge in [-0.2, -0.15) is 0 Å². The Balaban J connectivity index is 1.02. The van der Waals surface area contributed by atoms with Crippen LogP contribution in [-0.4, -0.2) is 15.0 Å². The normalized spacial score (nSPS) is 11.5. The van der Waals surface area contributed by atoms with E-state index in [1.54, 1.807) is 0 Å². The molecule has 0 saturated carbocycles. The van der Waals surface area contributed by atoms with Crippen LogP contribution in [-0.2, 0) is 0 Å². The Morgan fingerprint density at radius 3 is 1.25 bits per heavy atom. The summed E-state index contributed by atoms with van der Waals surface area (Å²) in [5, 5.41) is 2.31. The van der Waals surface area contributed by atoms with E-state index in [0.29, 0.717) is 17.5 Å². The molecule has 4 heteroatoms. The average Bonchev–Trinajstić information content (AvgIpc) is 3.39. The molecule has 0 fully saturated rings. The van der Waals surface area contributed by atoms with Crippen LogP contribution in [0.25, 0.3) is 112 Å². The van der Waals surface area contributed by atoms with Crippen LogP contribution >= 0.6 is 0 Å². The number of nitrogens with zero attached hydrogens (tertiary/aromatic N) is 3. The fourth-order valence-corrected chi connectivity index (χ4v) is 9.18. The first-order valence-corrected chi connectivity index (χ1v) is 21.9. The maximum atomic E-state index is 6.97. The van der Waals surface area contributed by atoms with Gasteiger partial charge in [0, 0.05) is 33.2 Å². The number of ether oxygens (including phenoxy) is 1. The van der Waals surface area contributed by atoms with Crippen LogP contribution in [0.5, 0.6) is 11.5 Å². The van der Waals surface area contributed by atoms with E-state index in [4.69, 9.17) is 19.7 Å². The summed E-state index contributed by atoms with van der Waals surface area (Å²) in [5.41, 5.74) is 16.1. The molecule has 10 aromatic carbocycles. The lowest BCUT2D eigenvalue weighted by atomic mass is 9.83. The molecule has 0 bridgehead atoms. The van der Waals surface area contributed by atoms with Gasteiger partial charge in [-0.1, -0.05) is 218 Å². The minimum absolute atomic E-state index is 0.609. The number of para-hydroxylation sites is 1. The Bertz CT molecular complexity index is 3510. The zero-order chi connectivity index (χ0) is 43.1. The van der Waals surface area contributed by atoms with Gasteiger partial charge in [0.25, 0.3) is 0 Å². The highest BCUT2D eigenvalue weighted by molar-refractivity contribution is 6.07. The van der Waals surface area contributed by atoms with Crippen molar-refractivity contribution in [3.05, 3.63) is 237 Å². The van der Waals surface area contributed by atoms with Crippen molar-refractivity contribution in [1.82, 2.24) is 15.0 Å². The van der Waals surface area contributed by atoms with Crippen molar-refractivity contribution in [2.45, 2.75) is 0 Å². The van der Waals surface area contributed by atoms with Crippen molar-refractivity contribution in [3.8, 4) is 112 Å². The third-order valence-electron chi connectivity index (χ3n) is 12.4.